The molecule has 10 heteroatoms. The van der Waals surface area contributed by atoms with E-state index in [-0.39, 0.29) is 0 Å². The van der Waals surface area contributed by atoms with Gasteiger partial charge in [0.25, 0.3) is 0 Å². The highest BCUT2D eigenvalue weighted by atomic mass is 35.5. The Morgan fingerprint density at radius 3 is 2.40 bits per heavy atom. The van der Waals surface area contributed by atoms with Gasteiger partial charge in [0.2, 0.25) is 10.0 Å². The molecule has 4 aromatic rings. The molecule has 250 valence electrons. The van der Waals surface area contributed by atoms with Gasteiger partial charge in [-0.1, -0.05) is 72.3 Å². The average Bonchev–Trinajstić information content (AvgIpc) is 3.43. The molecule has 2 aliphatic rings. The second-order valence-corrected chi connectivity index (χ2v) is 15.3. The van der Waals surface area contributed by atoms with Crippen molar-refractivity contribution in [1.82, 2.24) is 23.9 Å². The van der Waals surface area contributed by atoms with E-state index in [9.17, 15) is 8.42 Å². The van der Waals surface area contributed by atoms with Crippen molar-refractivity contribution in [3.05, 3.63) is 111 Å². The van der Waals surface area contributed by atoms with Crippen molar-refractivity contribution in [1.29, 1.82) is 0 Å². The van der Waals surface area contributed by atoms with Crippen LogP contribution in [-0.2, 0) is 60.2 Å². The van der Waals surface area contributed by atoms with Gasteiger partial charge < -0.3 is 4.74 Å². The van der Waals surface area contributed by atoms with Gasteiger partial charge >= 0.3 is 0 Å². The van der Waals surface area contributed by atoms with E-state index in [2.05, 4.69) is 82.2 Å². The molecule has 1 fully saturated rings. The van der Waals surface area contributed by atoms with Gasteiger partial charge in [0.15, 0.2) is 0 Å². The third-order valence-corrected chi connectivity index (χ3v) is 10.9. The summed E-state index contributed by atoms with van der Waals surface area (Å²) < 4.78 is 34.3. The lowest BCUT2D eigenvalue weighted by molar-refractivity contribution is 0.0368. The fourth-order valence-corrected chi connectivity index (χ4v) is 7.77. The highest BCUT2D eigenvalue weighted by molar-refractivity contribution is 7.88. The summed E-state index contributed by atoms with van der Waals surface area (Å²) in [6.07, 6.45) is 4.60. The Labute approximate surface area is 284 Å². The van der Waals surface area contributed by atoms with Crippen molar-refractivity contribution < 1.29 is 13.2 Å². The summed E-state index contributed by atoms with van der Waals surface area (Å²) in [5.74, 6) is 0. The van der Waals surface area contributed by atoms with Crippen LogP contribution in [0.2, 0.25) is 5.02 Å². The van der Waals surface area contributed by atoms with Crippen LogP contribution in [0.25, 0.3) is 11.3 Å². The Morgan fingerprint density at radius 2 is 1.62 bits per heavy atom. The maximum absolute atomic E-state index is 12.5. The molecule has 1 saturated heterocycles. The third kappa shape index (κ3) is 8.90. The molecule has 47 heavy (non-hydrogen) atoms. The van der Waals surface area contributed by atoms with E-state index < -0.39 is 10.0 Å². The molecule has 1 aromatic heterocycles. The number of aryl methyl sites for hydroxylation is 3. The first kappa shape index (κ1) is 33.8. The average molecular weight is 676 g/mol. The molecule has 3 aromatic carbocycles. The van der Waals surface area contributed by atoms with E-state index in [1.165, 1.54) is 22.9 Å². The molecular formula is C37H46ClN5O3S. The fraction of sp³-hybridized carbons (Fsp3) is 0.432. The van der Waals surface area contributed by atoms with E-state index in [1.54, 1.807) is 4.31 Å². The molecule has 0 saturated carbocycles. The molecule has 0 amide bonds. The number of morpholine rings is 1. The number of hydrogen-bond donors (Lipinski definition) is 0. The van der Waals surface area contributed by atoms with Crippen LogP contribution < -0.4 is 0 Å². The zero-order valence-electron chi connectivity index (χ0n) is 27.6. The van der Waals surface area contributed by atoms with Crippen molar-refractivity contribution in [3.63, 3.8) is 0 Å². The van der Waals surface area contributed by atoms with Crippen LogP contribution in [0.3, 0.4) is 0 Å². The molecule has 0 bridgehead atoms. The number of aromatic nitrogens is 2. The molecule has 0 atom stereocenters. The highest BCUT2D eigenvalue weighted by Crippen LogP contribution is 2.33. The van der Waals surface area contributed by atoms with Gasteiger partial charge in [-0.2, -0.15) is 9.40 Å². The number of rotatable bonds is 13. The number of nitrogens with zero attached hydrogens (tertiary/aromatic N) is 5. The second kappa shape index (κ2) is 15.4. The molecule has 3 heterocycles. The number of sulfonamides is 1. The maximum Gasteiger partial charge on any atom is 0.211 e. The first-order chi connectivity index (χ1) is 22.7. The van der Waals surface area contributed by atoms with Gasteiger partial charge in [0.1, 0.15) is 0 Å². The molecule has 0 unspecified atom stereocenters. The Kier molecular flexibility index (Phi) is 11.1. The largest absolute Gasteiger partial charge is 0.379 e. The van der Waals surface area contributed by atoms with Crippen molar-refractivity contribution in [3.8, 4) is 11.3 Å². The minimum Gasteiger partial charge on any atom is -0.379 e. The smallest absolute Gasteiger partial charge is 0.211 e. The Balaban J connectivity index is 1.17. The quantitative estimate of drug-likeness (QED) is 0.182. The molecular weight excluding hydrogens is 630 g/mol. The highest BCUT2D eigenvalue weighted by Gasteiger charge is 2.30. The van der Waals surface area contributed by atoms with Crippen molar-refractivity contribution in [2.75, 3.05) is 52.7 Å². The SMILES string of the molecule is CN(Cc1ccccc1)Cc1cccc(CCc2cc(-c3nn(CCCN4CCOCC4)c4c3CN(S(C)(=O)=O)CC4)ccc2Cl)c1. The maximum atomic E-state index is 12.5. The van der Waals surface area contributed by atoms with Gasteiger partial charge in [-0.3, -0.25) is 14.5 Å². The van der Waals surface area contributed by atoms with Crippen LogP contribution in [0.15, 0.2) is 72.8 Å². The van der Waals surface area contributed by atoms with E-state index in [1.807, 2.05) is 12.1 Å². The number of halogens is 1. The summed E-state index contributed by atoms with van der Waals surface area (Å²) in [5.41, 5.74) is 8.96. The van der Waals surface area contributed by atoms with Gasteiger partial charge in [-0.15, -0.1) is 0 Å². The first-order valence-corrected chi connectivity index (χ1v) is 18.9. The fourth-order valence-electron chi connectivity index (χ4n) is 6.77. The molecule has 0 spiro atoms. The minimum absolute atomic E-state index is 0.344. The van der Waals surface area contributed by atoms with Crippen LogP contribution >= 0.6 is 11.6 Å². The summed E-state index contributed by atoms with van der Waals surface area (Å²) >= 11 is 6.77. The van der Waals surface area contributed by atoms with Crippen LogP contribution in [0.4, 0.5) is 0 Å². The van der Waals surface area contributed by atoms with Gasteiger partial charge in [0, 0.05) is 80.6 Å². The van der Waals surface area contributed by atoms with Gasteiger partial charge in [0.05, 0.1) is 25.2 Å². The lowest BCUT2D eigenvalue weighted by atomic mass is 9.97. The van der Waals surface area contributed by atoms with Gasteiger partial charge in [-0.25, -0.2) is 8.42 Å². The predicted octanol–water partition coefficient (Wildman–Crippen LogP) is 5.66. The zero-order valence-corrected chi connectivity index (χ0v) is 29.1. The summed E-state index contributed by atoms with van der Waals surface area (Å²) in [6, 6.07) is 25.5. The summed E-state index contributed by atoms with van der Waals surface area (Å²) in [7, 11) is -1.16. The lowest BCUT2D eigenvalue weighted by Crippen LogP contribution is -2.37. The van der Waals surface area contributed by atoms with Gasteiger partial charge in [-0.05, 0) is 60.7 Å². The number of ether oxygens (including phenoxy) is 1. The molecule has 2 aliphatic heterocycles. The molecule has 0 N–H and O–H groups in total. The summed E-state index contributed by atoms with van der Waals surface area (Å²) in [5, 5.41) is 5.86. The Bertz CT molecular complexity index is 1760. The molecule has 0 radical (unpaired) electrons. The number of fused-ring (bicyclic) bond motifs is 1. The van der Waals surface area contributed by atoms with Crippen molar-refractivity contribution >= 4 is 21.6 Å². The normalized spacial score (nSPS) is 16.1. The summed E-state index contributed by atoms with van der Waals surface area (Å²) in [4.78, 5) is 4.78. The summed E-state index contributed by atoms with van der Waals surface area (Å²) in [6.45, 7) is 7.92. The van der Waals surface area contributed by atoms with E-state index in [0.717, 1.165) is 105 Å². The minimum atomic E-state index is -3.32. The third-order valence-electron chi connectivity index (χ3n) is 9.26. The Morgan fingerprint density at radius 1 is 0.872 bits per heavy atom. The topological polar surface area (TPSA) is 70.9 Å². The Hall–Kier alpha value is -3.05. The van der Waals surface area contributed by atoms with Crippen molar-refractivity contribution in [2.24, 2.45) is 0 Å². The number of benzene rings is 3. The van der Waals surface area contributed by atoms with Crippen LogP contribution in [0.5, 0.6) is 0 Å². The van der Waals surface area contributed by atoms with Crippen LogP contribution in [0, 0.1) is 0 Å². The predicted molar refractivity (Wildman–Crippen MR) is 189 cm³/mol. The standard InChI is InChI=1S/C37H46ClN5O3S/c1-40(26-30-8-4-3-5-9-30)27-31-11-6-10-29(24-31)12-13-32-25-33(14-15-35(32)38)37-34-28-42(47(2,44)45)19-16-36(34)43(39-37)18-7-17-41-20-22-46-23-21-41/h3-6,8-11,14-15,24-25H,7,12-13,16-23,26-28H2,1-2H3. The van der Waals surface area contributed by atoms with Crippen molar-refractivity contribution in [2.45, 2.75) is 51.9 Å². The zero-order chi connectivity index (χ0) is 32.8. The van der Waals surface area contributed by atoms with E-state index >= 15 is 0 Å². The second-order valence-electron chi connectivity index (χ2n) is 12.9. The molecule has 8 nitrogen and oxygen atoms in total. The monoisotopic (exact) mass is 675 g/mol. The van der Waals surface area contributed by atoms with E-state index in [0.29, 0.717) is 19.5 Å². The van der Waals surface area contributed by atoms with Crippen LogP contribution in [0.1, 0.15) is 39.9 Å². The number of hydrogen-bond acceptors (Lipinski definition) is 6. The van der Waals surface area contributed by atoms with E-state index in [4.69, 9.17) is 21.4 Å². The molecule has 0 aliphatic carbocycles. The first-order valence-electron chi connectivity index (χ1n) is 16.7. The lowest BCUT2D eigenvalue weighted by Gasteiger charge is -2.27. The molecule has 6 rings (SSSR count). The van der Waals surface area contributed by atoms with Crippen LogP contribution in [-0.4, -0.2) is 85.0 Å².